The van der Waals surface area contributed by atoms with Gasteiger partial charge in [-0.3, -0.25) is 9.59 Å². The van der Waals surface area contributed by atoms with Gasteiger partial charge in [-0.25, -0.2) is 4.98 Å². The predicted molar refractivity (Wildman–Crippen MR) is 148 cm³/mol. The molecule has 39 heavy (non-hydrogen) atoms. The van der Waals surface area contributed by atoms with Crippen molar-refractivity contribution < 1.29 is 23.5 Å². The highest BCUT2D eigenvalue weighted by atomic mass is 35.5. The number of anilines is 2. The molecule has 11 nitrogen and oxygen atoms in total. The van der Waals surface area contributed by atoms with Crippen molar-refractivity contribution >= 4 is 56.9 Å². The van der Waals surface area contributed by atoms with Gasteiger partial charge in [0.15, 0.2) is 17.1 Å². The molecule has 0 bridgehead atoms. The van der Waals surface area contributed by atoms with E-state index in [1.807, 2.05) is 0 Å². The van der Waals surface area contributed by atoms with Crippen molar-refractivity contribution in [1.29, 1.82) is 0 Å². The van der Waals surface area contributed by atoms with E-state index >= 15 is 0 Å². The van der Waals surface area contributed by atoms with E-state index in [0.717, 1.165) is 5.56 Å². The van der Waals surface area contributed by atoms with Crippen LogP contribution < -0.4 is 20.9 Å². The smallest absolute Gasteiger partial charge is 0.270 e. The molecule has 0 aliphatic carbocycles. The van der Waals surface area contributed by atoms with Crippen LogP contribution in [0.4, 0.5) is 11.8 Å². The standard InChI is InChI=1S/C27H25ClN6O5/c1-34(2)26(36)21-20(16-9-14(28)5-6-17(16)32-21)22(35)18-10-15-12(7-13-11-31-27(30)33-25(13)29)8-19(37-3)24(38-4)23(15)39-18/h5-6,8-11,32H,7H2,1-4H3,(H4,29,30,31,33). The fraction of sp³-hybridized carbons (Fsp3) is 0.185. The lowest BCUT2D eigenvalue weighted by Gasteiger charge is -2.12. The first-order chi connectivity index (χ1) is 18.6. The minimum absolute atomic E-state index is 0.00647. The molecule has 0 aliphatic heterocycles. The monoisotopic (exact) mass is 548 g/mol. The van der Waals surface area contributed by atoms with E-state index in [1.165, 1.54) is 19.1 Å². The quantitative estimate of drug-likeness (QED) is 0.254. The van der Waals surface area contributed by atoms with E-state index in [9.17, 15) is 9.59 Å². The summed E-state index contributed by atoms with van der Waals surface area (Å²) in [6.07, 6.45) is 1.84. The van der Waals surface area contributed by atoms with Crippen LogP contribution in [-0.2, 0) is 6.42 Å². The maximum Gasteiger partial charge on any atom is 0.270 e. The number of methoxy groups -OCH3 is 2. The highest BCUT2D eigenvalue weighted by Gasteiger charge is 2.29. The van der Waals surface area contributed by atoms with E-state index in [4.69, 9.17) is 37.0 Å². The molecule has 1 amide bonds. The van der Waals surface area contributed by atoms with Crippen LogP contribution >= 0.6 is 11.6 Å². The molecule has 5 aromatic rings. The number of hydrogen-bond donors (Lipinski definition) is 3. The van der Waals surface area contributed by atoms with Gasteiger partial charge in [0.1, 0.15) is 11.5 Å². The van der Waals surface area contributed by atoms with Crippen LogP contribution in [0.2, 0.25) is 5.02 Å². The summed E-state index contributed by atoms with van der Waals surface area (Å²) in [6.45, 7) is 0. The lowest BCUT2D eigenvalue weighted by Crippen LogP contribution is -2.24. The lowest BCUT2D eigenvalue weighted by molar-refractivity contribution is 0.0817. The van der Waals surface area contributed by atoms with Crippen LogP contribution in [0.25, 0.3) is 21.9 Å². The zero-order valence-electron chi connectivity index (χ0n) is 21.6. The Morgan fingerprint density at radius 2 is 1.85 bits per heavy atom. The number of rotatable bonds is 7. The largest absolute Gasteiger partial charge is 0.493 e. The third-order valence-electron chi connectivity index (χ3n) is 6.37. The Labute approximate surface area is 227 Å². The fourth-order valence-corrected chi connectivity index (χ4v) is 4.67. The van der Waals surface area contributed by atoms with Crippen molar-refractivity contribution in [3.05, 3.63) is 69.7 Å². The molecule has 0 saturated carbocycles. The van der Waals surface area contributed by atoms with E-state index in [0.29, 0.717) is 50.4 Å². The Morgan fingerprint density at radius 3 is 2.51 bits per heavy atom. The van der Waals surface area contributed by atoms with Crippen LogP contribution in [0, 0.1) is 0 Å². The number of aromatic nitrogens is 3. The molecule has 5 N–H and O–H groups in total. The van der Waals surface area contributed by atoms with Gasteiger partial charge >= 0.3 is 0 Å². The summed E-state index contributed by atoms with van der Waals surface area (Å²) in [5.74, 6) is 0.106. The topological polar surface area (TPSA) is 163 Å². The second-order valence-corrected chi connectivity index (χ2v) is 9.47. The fourth-order valence-electron chi connectivity index (χ4n) is 4.50. The van der Waals surface area contributed by atoms with Gasteiger partial charge in [-0.2, -0.15) is 4.98 Å². The van der Waals surface area contributed by atoms with E-state index in [2.05, 4.69) is 15.0 Å². The Bertz CT molecular complexity index is 1770. The molecule has 0 fully saturated rings. The van der Waals surface area contributed by atoms with Crippen LogP contribution in [0.5, 0.6) is 11.5 Å². The molecule has 0 radical (unpaired) electrons. The molecule has 0 spiro atoms. The van der Waals surface area contributed by atoms with Crippen LogP contribution in [0.1, 0.15) is 37.7 Å². The predicted octanol–water partition coefficient (Wildman–Crippen LogP) is 4.06. The summed E-state index contributed by atoms with van der Waals surface area (Å²) in [5, 5.41) is 1.50. The average molecular weight is 549 g/mol. The average Bonchev–Trinajstić information content (AvgIpc) is 3.51. The molecule has 0 saturated heterocycles. The second-order valence-electron chi connectivity index (χ2n) is 9.03. The summed E-state index contributed by atoms with van der Waals surface area (Å²) in [4.78, 5) is 39.6. The first-order valence-electron chi connectivity index (χ1n) is 11.7. The van der Waals surface area contributed by atoms with Crippen molar-refractivity contribution in [3.63, 3.8) is 0 Å². The van der Waals surface area contributed by atoms with E-state index in [1.54, 1.807) is 50.6 Å². The zero-order valence-corrected chi connectivity index (χ0v) is 22.3. The van der Waals surface area contributed by atoms with Gasteiger partial charge in [-0.05, 0) is 35.9 Å². The Kier molecular flexibility index (Phi) is 6.52. The summed E-state index contributed by atoms with van der Waals surface area (Å²) < 4.78 is 17.2. The number of ketones is 1. The Balaban J connectivity index is 1.72. The maximum atomic E-state index is 14.0. The van der Waals surface area contributed by atoms with Gasteiger partial charge in [-0.15, -0.1) is 0 Å². The number of aromatic amines is 1. The van der Waals surface area contributed by atoms with Crippen molar-refractivity contribution in [1.82, 2.24) is 19.9 Å². The lowest BCUT2D eigenvalue weighted by atomic mass is 10.00. The highest BCUT2D eigenvalue weighted by Crippen LogP contribution is 2.41. The van der Waals surface area contributed by atoms with Gasteiger partial charge in [-0.1, -0.05) is 11.6 Å². The highest BCUT2D eigenvalue weighted by molar-refractivity contribution is 6.32. The summed E-state index contributed by atoms with van der Waals surface area (Å²) in [7, 11) is 6.18. The van der Waals surface area contributed by atoms with Crippen LogP contribution in [0.3, 0.4) is 0 Å². The zero-order chi connectivity index (χ0) is 28.0. The number of carbonyl (C=O) groups is 2. The molecular weight excluding hydrogens is 524 g/mol. The third-order valence-corrected chi connectivity index (χ3v) is 6.60. The molecule has 0 unspecified atom stereocenters. The minimum atomic E-state index is -0.507. The van der Waals surface area contributed by atoms with Crippen LogP contribution in [0.15, 0.2) is 40.9 Å². The number of benzene rings is 2. The number of ether oxygens (including phenoxy) is 2. The Morgan fingerprint density at radius 1 is 1.08 bits per heavy atom. The molecule has 5 rings (SSSR count). The number of fused-ring (bicyclic) bond motifs is 2. The summed E-state index contributed by atoms with van der Waals surface area (Å²) >= 11 is 6.25. The van der Waals surface area contributed by atoms with Crippen molar-refractivity contribution in [2.24, 2.45) is 0 Å². The number of carbonyl (C=O) groups excluding carboxylic acids is 2. The van der Waals surface area contributed by atoms with Gasteiger partial charge < -0.3 is 35.2 Å². The molecule has 0 atom stereocenters. The van der Waals surface area contributed by atoms with E-state index in [-0.39, 0.29) is 34.7 Å². The number of hydrogen-bond acceptors (Lipinski definition) is 9. The van der Waals surface area contributed by atoms with Gasteiger partial charge in [0.2, 0.25) is 17.5 Å². The molecule has 3 heterocycles. The Hall–Kier alpha value is -4.77. The minimum Gasteiger partial charge on any atom is -0.493 e. The first-order valence-corrected chi connectivity index (χ1v) is 12.1. The van der Waals surface area contributed by atoms with Crippen molar-refractivity contribution in [2.45, 2.75) is 6.42 Å². The van der Waals surface area contributed by atoms with Crippen molar-refractivity contribution in [2.75, 3.05) is 39.8 Å². The SMILES string of the molecule is COc1cc(Cc2cnc(N)nc2N)c2cc(C(=O)c3c(C(=O)N(C)C)[nH]c4ccc(Cl)cc34)oc2c1OC. The molecule has 0 aliphatic rings. The summed E-state index contributed by atoms with van der Waals surface area (Å²) in [6, 6.07) is 8.40. The molecule has 12 heteroatoms. The van der Waals surface area contributed by atoms with Gasteiger partial charge in [0, 0.05) is 53.6 Å². The number of nitrogen functional groups attached to an aromatic ring is 2. The maximum absolute atomic E-state index is 14.0. The summed E-state index contributed by atoms with van der Waals surface area (Å²) in [5.41, 5.74) is 14.2. The number of nitrogens with zero attached hydrogens (tertiary/aromatic N) is 3. The molecular formula is C27H25ClN6O5. The second kappa shape index (κ2) is 9.84. The van der Waals surface area contributed by atoms with Crippen molar-refractivity contribution in [3.8, 4) is 11.5 Å². The third kappa shape index (κ3) is 4.46. The number of halogens is 1. The molecule has 2 aromatic carbocycles. The number of nitrogens with one attached hydrogen (secondary N) is 1. The van der Waals surface area contributed by atoms with Gasteiger partial charge in [0.25, 0.3) is 5.91 Å². The first kappa shape index (κ1) is 25.9. The molecule has 200 valence electrons. The van der Waals surface area contributed by atoms with E-state index < -0.39 is 5.78 Å². The number of amides is 1. The number of nitrogens with two attached hydrogens (primary N) is 2. The van der Waals surface area contributed by atoms with Gasteiger partial charge in [0.05, 0.1) is 19.8 Å². The molecule has 3 aromatic heterocycles. The number of H-pyrrole nitrogens is 1. The normalized spacial score (nSPS) is 11.2. The van der Waals surface area contributed by atoms with Crippen LogP contribution in [-0.4, -0.2) is 59.9 Å². The number of furan rings is 1.